The van der Waals surface area contributed by atoms with Crippen LogP contribution >= 0.6 is 0 Å². The van der Waals surface area contributed by atoms with Gasteiger partial charge in [0.15, 0.2) is 11.5 Å². The molecular formula is C32H33NO9. The predicted molar refractivity (Wildman–Crippen MR) is 156 cm³/mol. The van der Waals surface area contributed by atoms with Crippen molar-refractivity contribution in [3.63, 3.8) is 0 Å². The molecule has 0 saturated carbocycles. The lowest BCUT2D eigenvalue weighted by Gasteiger charge is -2.30. The summed E-state index contributed by atoms with van der Waals surface area (Å²) in [6.45, 7) is 2.92. The molecule has 1 aliphatic heterocycles. The summed E-state index contributed by atoms with van der Waals surface area (Å²) in [7, 11) is 4.45. The average molecular weight is 576 g/mol. The van der Waals surface area contributed by atoms with Crippen LogP contribution in [-0.4, -0.2) is 77.8 Å². The molecular weight excluding hydrogens is 542 g/mol. The van der Waals surface area contributed by atoms with Crippen molar-refractivity contribution < 1.29 is 37.6 Å². The fourth-order valence-electron chi connectivity index (χ4n) is 4.92. The Morgan fingerprint density at radius 2 is 1.55 bits per heavy atom. The fraction of sp³-hybridized carbons (Fsp3) is 0.312. The molecule has 1 fully saturated rings. The van der Waals surface area contributed by atoms with Crippen LogP contribution in [0.3, 0.4) is 0 Å². The summed E-state index contributed by atoms with van der Waals surface area (Å²) in [5.41, 5.74) is 1.07. The number of methoxy groups -OCH3 is 3. The van der Waals surface area contributed by atoms with Crippen molar-refractivity contribution in [3.8, 4) is 34.1 Å². The Hall–Kier alpha value is -4.54. The molecule has 1 aromatic heterocycles. The lowest BCUT2D eigenvalue weighted by molar-refractivity contribution is -0.0152. The van der Waals surface area contributed by atoms with E-state index >= 15 is 0 Å². The molecule has 10 nitrogen and oxygen atoms in total. The summed E-state index contributed by atoms with van der Waals surface area (Å²) in [6.07, 6.45) is -0.690. The van der Waals surface area contributed by atoms with Crippen LogP contribution in [0.2, 0.25) is 0 Å². The van der Waals surface area contributed by atoms with Gasteiger partial charge in [-0.05, 0) is 29.8 Å². The number of hydrogen-bond donors (Lipinski definition) is 0. The Balaban J connectivity index is 1.47. The lowest BCUT2D eigenvalue weighted by Crippen LogP contribution is -2.44. The van der Waals surface area contributed by atoms with Gasteiger partial charge in [-0.1, -0.05) is 42.5 Å². The molecule has 0 spiro atoms. The number of fused-ring (bicyclic) bond motifs is 1. The molecule has 0 N–H and O–H groups in total. The van der Waals surface area contributed by atoms with E-state index in [1.54, 1.807) is 24.3 Å². The molecule has 1 atom stereocenters. The molecule has 220 valence electrons. The van der Waals surface area contributed by atoms with Crippen molar-refractivity contribution in [1.82, 2.24) is 4.90 Å². The molecule has 0 bridgehead atoms. The Bertz CT molecular complexity index is 1550. The van der Waals surface area contributed by atoms with Gasteiger partial charge < -0.3 is 32.8 Å². The van der Waals surface area contributed by atoms with Crippen LogP contribution in [-0.2, 0) is 9.47 Å². The molecule has 4 aromatic rings. The molecule has 0 amide bonds. The Kier molecular flexibility index (Phi) is 9.25. The highest BCUT2D eigenvalue weighted by atomic mass is 16.6. The van der Waals surface area contributed by atoms with Gasteiger partial charge in [-0.25, -0.2) is 9.59 Å². The number of nitrogens with zero attached hydrogens (tertiary/aromatic N) is 1. The highest BCUT2D eigenvalue weighted by molar-refractivity contribution is 5.92. The molecule has 2 heterocycles. The molecule has 0 aliphatic carbocycles. The normalized spacial score (nSPS) is 14.3. The quantitative estimate of drug-likeness (QED) is 0.188. The minimum Gasteiger partial charge on any atom is -0.493 e. The second kappa shape index (κ2) is 13.4. The second-order valence-electron chi connectivity index (χ2n) is 9.62. The predicted octanol–water partition coefficient (Wildman–Crippen LogP) is 4.42. The third kappa shape index (κ3) is 6.35. The van der Waals surface area contributed by atoms with Crippen LogP contribution in [0.5, 0.6) is 23.0 Å². The van der Waals surface area contributed by atoms with Crippen molar-refractivity contribution >= 4 is 16.9 Å². The number of rotatable bonds is 11. The smallest absolute Gasteiger partial charge is 0.347 e. The first kappa shape index (κ1) is 29.0. The van der Waals surface area contributed by atoms with Crippen molar-refractivity contribution in [2.75, 3.05) is 60.8 Å². The summed E-state index contributed by atoms with van der Waals surface area (Å²) in [5.74, 6) is 0.813. The van der Waals surface area contributed by atoms with Gasteiger partial charge in [0.05, 0.1) is 45.5 Å². The number of carbonyl (C=O) groups is 1. The van der Waals surface area contributed by atoms with Gasteiger partial charge in [-0.3, -0.25) is 4.90 Å². The first-order valence-electron chi connectivity index (χ1n) is 13.6. The van der Waals surface area contributed by atoms with Gasteiger partial charge in [0.2, 0.25) is 5.75 Å². The average Bonchev–Trinajstić information content (AvgIpc) is 3.03. The van der Waals surface area contributed by atoms with Gasteiger partial charge in [0, 0.05) is 19.6 Å². The van der Waals surface area contributed by atoms with Crippen LogP contribution in [0.4, 0.5) is 0 Å². The summed E-state index contributed by atoms with van der Waals surface area (Å²) in [4.78, 5) is 28.8. The third-order valence-electron chi connectivity index (χ3n) is 6.98. The second-order valence-corrected chi connectivity index (χ2v) is 9.62. The zero-order valence-electron chi connectivity index (χ0n) is 23.8. The summed E-state index contributed by atoms with van der Waals surface area (Å²) in [5, 5.41) is 0.636. The number of para-hydroxylation sites is 1. The third-order valence-corrected chi connectivity index (χ3v) is 6.98. The SMILES string of the molecule is COc1cc(C(=O)OC(COc2c(-c3ccccc3)c(=O)oc3ccccc23)CN2CCOCC2)cc(OC)c1OC. The van der Waals surface area contributed by atoms with Crippen molar-refractivity contribution in [3.05, 3.63) is 82.7 Å². The number of benzene rings is 3. The summed E-state index contributed by atoms with van der Waals surface area (Å²) < 4.78 is 39.7. The van der Waals surface area contributed by atoms with Crippen molar-refractivity contribution in [2.24, 2.45) is 0 Å². The van der Waals surface area contributed by atoms with Crippen LogP contribution in [0.25, 0.3) is 22.1 Å². The molecule has 10 heteroatoms. The van der Waals surface area contributed by atoms with E-state index in [4.69, 9.17) is 32.8 Å². The molecule has 3 aromatic carbocycles. The Labute approximate surface area is 243 Å². The van der Waals surface area contributed by atoms with E-state index < -0.39 is 17.7 Å². The zero-order chi connectivity index (χ0) is 29.5. The zero-order valence-corrected chi connectivity index (χ0v) is 23.8. The van der Waals surface area contributed by atoms with Gasteiger partial charge in [-0.15, -0.1) is 0 Å². The molecule has 1 saturated heterocycles. The van der Waals surface area contributed by atoms with Crippen molar-refractivity contribution in [2.45, 2.75) is 6.10 Å². The van der Waals surface area contributed by atoms with Crippen LogP contribution in [0.1, 0.15) is 10.4 Å². The van der Waals surface area contributed by atoms with Crippen LogP contribution in [0, 0.1) is 0 Å². The number of morpholine rings is 1. The van der Waals surface area contributed by atoms with Crippen molar-refractivity contribution in [1.29, 1.82) is 0 Å². The van der Waals surface area contributed by atoms with Gasteiger partial charge >= 0.3 is 11.6 Å². The van der Waals surface area contributed by atoms with E-state index in [0.29, 0.717) is 77.9 Å². The maximum atomic E-state index is 13.5. The maximum absolute atomic E-state index is 13.5. The largest absolute Gasteiger partial charge is 0.493 e. The first-order valence-corrected chi connectivity index (χ1v) is 13.6. The lowest BCUT2D eigenvalue weighted by atomic mass is 10.0. The highest BCUT2D eigenvalue weighted by Crippen LogP contribution is 2.38. The topological polar surface area (TPSA) is 106 Å². The molecule has 1 unspecified atom stereocenters. The van der Waals surface area contributed by atoms with E-state index in [2.05, 4.69) is 4.90 Å². The first-order chi connectivity index (χ1) is 20.5. The number of esters is 1. The van der Waals surface area contributed by atoms with E-state index in [-0.39, 0.29) is 12.2 Å². The van der Waals surface area contributed by atoms with Gasteiger partial charge in [0.25, 0.3) is 0 Å². The Morgan fingerprint density at radius 3 is 2.21 bits per heavy atom. The van der Waals surface area contributed by atoms with Gasteiger partial charge in [0.1, 0.15) is 29.6 Å². The summed E-state index contributed by atoms with van der Waals surface area (Å²) >= 11 is 0. The number of carbonyl (C=O) groups excluding carboxylic acids is 1. The highest BCUT2D eigenvalue weighted by Gasteiger charge is 2.26. The molecule has 0 radical (unpaired) electrons. The minimum absolute atomic E-state index is 0.0131. The van der Waals surface area contributed by atoms with Crippen LogP contribution in [0.15, 0.2) is 75.9 Å². The standard InChI is InChI=1S/C32H33NO9/c1-36-26-17-22(18-27(37-2)30(26)38-3)31(34)41-23(19-33-13-15-39-16-14-33)20-40-29-24-11-7-8-12-25(24)42-32(35)28(29)21-9-5-4-6-10-21/h4-12,17-18,23H,13-16,19-20H2,1-3H3. The maximum Gasteiger partial charge on any atom is 0.347 e. The Morgan fingerprint density at radius 1 is 0.881 bits per heavy atom. The molecule has 1 aliphatic rings. The van der Waals surface area contributed by atoms with E-state index in [1.807, 2.05) is 42.5 Å². The van der Waals surface area contributed by atoms with E-state index in [9.17, 15) is 9.59 Å². The fourth-order valence-corrected chi connectivity index (χ4v) is 4.92. The van der Waals surface area contributed by atoms with Gasteiger partial charge in [-0.2, -0.15) is 0 Å². The molecule has 5 rings (SSSR count). The summed E-state index contributed by atoms with van der Waals surface area (Å²) in [6, 6.07) is 19.5. The van der Waals surface area contributed by atoms with E-state index in [0.717, 1.165) is 0 Å². The monoisotopic (exact) mass is 575 g/mol. The van der Waals surface area contributed by atoms with E-state index in [1.165, 1.54) is 21.3 Å². The van der Waals surface area contributed by atoms with Crippen LogP contribution < -0.4 is 24.6 Å². The minimum atomic E-state index is -0.690. The number of hydrogen-bond acceptors (Lipinski definition) is 10. The number of ether oxygens (including phenoxy) is 6. The molecule has 42 heavy (non-hydrogen) atoms.